The number of nitrogens with zero attached hydrogens (tertiary/aromatic N) is 4. The van der Waals surface area contributed by atoms with Gasteiger partial charge in [0, 0.05) is 47.9 Å². The standard InChI is InChI=1S/C19H21N5OS/c1-13(18-21-9-12-26-18)22-19(25)24-10-6-14(7-11-24)16-5-4-15-3-2-8-20-17(15)23-16/h2-5,8-9,12-14H,6-7,10-11H2,1H3,(H,22,25)/t13-/m0/s1. The van der Waals surface area contributed by atoms with Gasteiger partial charge in [-0.25, -0.2) is 19.7 Å². The molecule has 0 bridgehead atoms. The second-order valence-corrected chi connectivity index (χ2v) is 7.52. The third-order valence-electron chi connectivity index (χ3n) is 4.85. The summed E-state index contributed by atoms with van der Waals surface area (Å²) in [5.74, 6) is 0.377. The van der Waals surface area contributed by atoms with E-state index in [1.807, 2.05) is 29.3 Å². The van der Waals surface area contributed by atoms with Gasteiger partial charge in [-0.1, -0.05) is 0 Å². The molecular weight excluding hydrogens is 346 g/mol. The van der Waals surface area contributed by atoms with Crippen molar-refractivity contribution < 1.29 is 4.79 Å². The molecular formula is C19H21N5OS. The van der Waals surface area contributed by atoms with Crippen molar-refractivity contribution >= 4 is 28.4 Å². The number of carbonyl (C=O) groups is 1. The van der Waals surface area contributed by atoms with Crippen LogP contribution in [0.25, 0.3) is 11.0 Å². The van der Waals surface area contributed by atoms with Crippen LogP contribution in [0.2, 0.25) is 0 Å². The fourth-order valence-electron chi connectivity index (χ4n) is 3.36. The zero-order valence-corrected chi connectivity index (χ0v) is 15.4. The molecule has 6 nitrogen and oxygen atoms in total. The van der Waals surface area contributed by atoms with Crippen LogP contribution in [0.5, 0.6) is 0 Å². The fraction of sp³-hybridized carbons (Fsp3) is 0.368. The summed E-state index contributed by atoms with van der Waals surface area (Å²) in [6, 6.07) is 8.05. The number of hydrogen-bond acceptors (Lipinski definition) is 5. The topological polar surface area (TPSA) is 71.0 Å². The van der Waals surface area contributed by atoms with Crippen LogP contribution in [-0.2, 0) is 0 Å². The number of pyridine rings is 2. The molecule has 1 fully saturated rings. The maximum absolute atomic E-state index is 12.5. The second-order valence-electron chi connectivity index (χ2n) is 6.59. The van der Waals surface area contributed by atoms with Gasteiger partial charge in [-0.3, -0.25) is 0 Å². The van der Waals surface area contributed by atoms with Gasteiger partial charge in [0.2, 0.25) is 0 Å². The number of thiazole rings is 1. The quantitative estimate of drug-likeness (QED) is 0.765. The average molecular weight is 367 g/mol. The van der Waals surface area contributed by atoms with Gasteiger partial charge >= 0.3 is 6.03 Å². The lowest BCUT2D eigenvalue weighted by Gasteiger charge is -2.32. The molecule has 0 unspecified atom stereocenters. The smallest absolute Gasteiger partial charge is 0.317 e. The normalized spacial score (nSPS) is 16.6. The SMILES string of the molecule is C[C@H](NC(=O)N1CCC(c2ccc3cccnc3n2)CC1)c1nccs1. The molecule has 1 saturated heterocycles. The predicted molar refractivity (Wildman–Crippen MR) is 102 cm³/mol. The second kappa shape index (κ2) is 7.37. The van der Waals surface area contributed by atoms with Crippen molar-refractivity contribution in [3.8, 4) is 0 Å². The van der Waals surface area contributed by atoms with Crippen molar-refractivity contribution in [3.05, 3.63) is 52.7 Å². The first-order chi connectivity index (χ1) is 12.7. The number of nitrogens with one attached hydrogen (secondary N) is 1. The molecule has 1 N–H and O–H groups in total. The summed E-state index contributed by atoms with van der Waals surface area (Å²) in [6.07, 6.45) is 5.38. The zero-order chi connectivity index (χ0) is 17.9. The number of carbonyl (C=O) groups excluding carboxylic acids is 1. The molecule has 3 aromatic rings. The van der Waals surface area contributed by atoms with Gasteiger partial charge in [-0.05, 0) is 44.0 Å². The third kappa shape index (κ3) is 3.53. The van der Waals surface area contributed by atoms with Crippen LogP contribution in [0.4, 0.5) is 4.79 Å². The van der Waals surface area contributed by atoms with Crippen LogP contribution in [0.1, 0.15) is 42.4 Å². The Hall–Kier alpha value is -2.54. The van der Waals surface area contributed by atoms with E-state index in [0.29, 0.717) is 5.92 Å². The van der Waals surface area contributed by atoms with E-state index in [1.54, 1.807) is 23.7 Å². The van der Waals surface area contributed by atoms with Gasteiger partial charge in [-0.15, -0.1) is 11.3 Å². The largest absolute Gasteiger partial charge is 0.329 e. The summed E-state index contributed by atoms with van der Waals surface area (Å²) in [4.78, 5) is 27.7. The van der Waals surface area contributed by atoms with Gasteiger partial charge in [0.25, 0.3) is 0 Å². The monoisotopic (exact) mass is 367 g/mol. The van der Waals surface area contributed by atoms with Crippen LogP contribution < -0.4 is 5.32 Å². The highest BCUT2D eigenvalue weighted by molar-refractivity contribution is 7.09. The van der Waals surface area contributed by atoms with Crippen LogP contribution >= 0.6 is 11.3 Å². The lowest BCUT2D eigenvalue weighted by molar-refractivity contribution is 0.178. The highest BCUT2D eigenvalue weighted by Gasteiger charge is 2.26. The summed E-state index contributed by atoms with van der Waals surface area (Å²) in [5.41, 5.74) is 1.87. The molecule has 1 aliphatic rings. The number of piperidine rings is 1. The van der Waals surface area contributed by atoms with Crippen molar-refractivity contribution in [2.24, 2.45) is 0 Å². The fourth-order valence-corrected chi connectivity index (χ4v) is 4.01. The first kappa shape index (κ1) is 16.9. The number of likely N-dealkylation sites (tertiary alicyclic amines) is 1. The van der Waals surface area contributed by atoms with E-state index in [4.69, 9.17) is 4.98 Å². The lowest BCUT2D eigenvalue weighted by Crippen LogP contribution is -2.44. The number of urea groups is 1. The molecule has 0 aromatic carbocycles. The number of rotatable bonds is 3. The molecule has 26 heavy (non-hydrogen) atoms. The predicted octanol–water partition coefficient (Wildman–Crippen LogP) is 3.74. The summed E-state index contributed by atoms with van der Waals surface area (Å²) in [6.45, 7) is 3.45. The van der Waals surface area contributed by atoms with E-state index < -0.39 is 0 Å². The van der Waals surface area contributed by atoms with Crippen molar-refractivity contribution in [1.82, 2.24) is 25.2 Å². The van der Waals surface area contributed by atoms with Crippen LogP contribution in [0, 0.1) is 0 Å². The number of fused-ring (bicyclic) bond motifs is 1. The Balaban J connectivity index is 1.36. The molecule has 0 radical (unpaired) electrons. The van der Waals surface area contributed by atoms with Crippen molar-refractivity contribution in [2.45, 2.75) is 31.7 Å². The summed E-state index contributed by atoms with van der Waals surface area (Å²) < 4.78 is 0. The summed E-state index contributed by atoms with van der Waals surface area (Å²) in [5, 5.41) is 6.96. The van der Waals surface area contributed by atoms with E-state index in [0.717, 1.165) is 47.7 Å². The molecule has 0 saturated carbocycles. The van der Waals surface area contributed by atoms with Gasteiger partial charge in [0.05, 0.1) is 6.04 Å². The van der Waals surface area contributed by atoms with Crippen molar-refractivity contribution in [2.75, 3.05) is 13.1 Å². The van der Waals surface area contributed by atoms with Gasteiger partial charge in [-0.2, -0.15) is 0 Å². The van der Waals surface area contributed by atoms with Gasteiger partial charge < -0.3 is 10.2 Å². The Morgan fingerprint density at radius 2 is 2.08 bits per heavy atom. The molecule has 4 heterocycles. The summed E-state index contributed by atoms with van der Waals surface area (Å²) in [7, 11) is 0. The van der Waals surface area contributed by atoms with Crippen LogP contribution in [-0.4, -0.2) is 39.0 Å². The number of amides is 2. The maximum Gasteiger partial charge on any atom is 0.317 e. The van der Waals surface area contributed by atoms with E-state index in [1.165, 1.54) is 0 Å². The minimum atomic E-state index is -0.0616. The van der Waals surface area contributed by atoms with Crippen molar-refractivity contribution in [3.63, 3.8) is 0 Å². The maximum atomic E-state index is 12.5. The Kier molecular flexibility index (Phi) is 4.79. The molecule has 2 amide bonds. The number of hydrogen-bond donors (Lipinski definition) is 1. The average Bonchev–Trinajstić information content (AvgIpc) is 3.23. The molecule has 134 valence electrons. The Morgan fingerprint density at radius 1 is 1.23 bits per heavy atom. The molecule has 1 atom stereocenters. The molecule has 7 heteroatoms. The Bertz CT molecular complexity index is 890. The first-order valence-corrected chi connectivity index (χ1v) is 9.75. The molecule has 0 aliphatic carbocycles. The Morgan fingerprint density at radius 3 is 2.85 bits per heavy atom. The highest BCUT2D eigenvalue weighted by Crippen LogP contribution is 2.28. The minimum absolute atomic E-state index is 0.0145. The molecule has 3 aromatic heterocycles. The third-order valence-corrected chi connectivity index (χ3v) is 5.81. The Labute approximate surface area is 156 Å². The van der Waals surface area contributed by atoms with Crippen molar-refractivity contribution in [1.29, 1.82) is 0 Å². The number of aromatic nitrogens is 3. The lowest BCUT2D eigenvalue weighted by atomic mass is 9.93. The van der Waals surface area contributed by atoms with E-state index >= 15 is 0 Å². The van der Waals surface area contributed by atoms with Crippen LogP contribution in [0.3, 0.4) is 0 Å². The van der Waals surface area contributed by atoms with E-state index in [2.05, 4.69) is 27.4 Å². The first-order valence-electron chi connectivity index (χ1n) is 8.87. The van der Waals surface area contributed by atoms with E-state index in [-0.39, 0.29) is 12.1 Å². The van der Waals surface area contributed by atoms with Gasteiger partial charge in [0.1, 0.15) is 5.01 Å². The molecule has 0 spiro atoms. The van der Waals surface area contributed by atoms with Crippen LogP contribution in [0.15, 0.2) is 42.0 Å². The van der Waals surface area contributed by atoms with Gasteiger partial charge in [0.15, 0.2) is 5.65 Å². The highest BCUT2D eigenvalue weighted by atomic mass is 32.1. The summed E-state index contributed by atoms with van der Waals surface area (Å²) >= 11 is 1.56. The zero-order valence-electron chi connectivity index (χ0n) is 14.6. The van der Waals surface area contributed by atoms with E-state index in [9.17, 15) is 4.79 Å². The molecule has 4 rings (SSSR count). The minimum Gasteiger partial charge on any atom is -0.329 e. The molecule has 1 aliphatic heterocycles.